The maximum atomic E-state index is 12.7. The van der Waals surface area contributed by atoms with Gasteiger partial charge in [0.1, 0.15) is 0 Å². The quantitative estimate of drug-likeness (QED) is 0.739. The van der Waals surface area contributed by atoms with E-state index in [-0.39, 0.29) is 22.6 Å². The number of nitrogens with one attached hydrogen (secondary N) is 1. The van der Waals surface area contributed by atoms with Gasteiger partial charge in [0.15, 0.2) is 0 Å². The summed E-state index contributed by atoms with van der Waals surface area (Å²) >= 11 is 0. The average molecular weight is 407 g/mol. The fraction of sp³-hybridized carbons (Fsp3) is 0.682. The highest BCUT2D eigenvalue weighted by Gasteiger charge is 2.54. The minimum Gasteiger partial charge on any atom is -0.389 e. The number of aryl methyl sites for hydroxylation is 1. The lowest BCUT2D eigenvalue weighted by atomic mass is 9.54. The summed E-state index contributed by atoms with van der Waals surface area (Å²) in [7, 11) is -3.73. The van der Waals surface area contributed by atoms with E-state index in [0.29, 0.717) is 11.8 Å². The highest BCUT2D eigenvalue weighted by atomic mass is 32.2. The minimum absolute atomic E-state index is 0.0966. The fourth-order valence-corrected chi connectivity index (χ4v) is 5.92. The summed E-state index contributed by atoms with van der Waals surface area (Å²) in [6, 6.07) is 6.75. The molecule has 0 bridgehead atoms. The molecule has 1 aromatic rings. The molecule has 2 aliphatic rings. The zero-order chi connectivity index (χ0) is 20.7. The van der Waals surface area contributed by atoms with Gasteiger partial charge in [0.2, 0.25) is 0 Å². The Hall–Kier alpha value is -1.40. The number of nitrogens with zero attached hydrogens (tertiary/aromatic N) is 1. The van der Waals surface area contributed by atoms with Crippen molar-refractivity contribution in [3.63, 3.8) is 0 Å². The predicted molar refractivity (Wildman–Crippen MR) is 112 cm³/mol. The third kappa shape index (κ3) is 3.86. The van der Waals surface area contributed by atoms with E-state index in [2.05, 4.69) is 37.6 Å². The summed E-state index contributed by atoms with van der Waals surface area (Å²) in [5.41, 5.74) is 1.02. The Bertz CT molecular complexity index is 832. The monoisotopic (exact) mass is 406 g/mol. The van der Waals surface area contributed by atoms with Crippen LogP contribution in [0, 0.1) is 36.5 Å². The first kappa shape index (κ1) is 21.3. The Balaban J connectivity index is 1.96. The molecule has 2 aliphatic carbocycles. The van der Waals surface area contributed by atoms with Crippen molar-refractivity contribution in [2.75, 3.05) is 0 Å². The van der Waals surface area contributed by atoms with E-state index >= 15 is 0 Å². The summed E-state index contributed by atoms with van der Waals surface area (Å²) < 4.78 is 25.5. The van der Waals surface area contributed by atoms with Gasteiger partial charge in [-0.15, -0.1) is 0 Å². The zero-order valence-electron chi connectivity index (χ0n) is 17.6. The molecule has 0 amide bonds. The van der Waals surface area contributed by atoms with Crippen molar-refractivity contribution >= 4 is 15.7 Å². The van der Waals surface area contributed by atoms with Crippen LogP contribution in [0.3, 0.4) is 0 Å². The summed E-state index contributed by atoms with van der Waals surface area (Å²) in [6.07, 6.45) is 3.63. The van der Waals surface area contributed by atoms with Crippen molar-refractivity contribution in [1.82, 2.24) is 4.83 Å². The first-order chi connectivity index (χ1) is 13.1. The first-order valence-corrected chi connectivity index (χ1v) is 11.9. The van der Waals surface area contributed by atoms with Crippen molar-refractivity contribution in [3.05, 3.63) is 29.8 Å². The molecule has 5 atom stereocenters. The molecule has 2 fully saturated rings. The lowest BCUT2D eigenvalue weighted by Crippen LogP contribution is -2.59. The maximum absolute atomic E-state index is 12.7. The third-order valence-electron chi connectivity index (χ3n) is 7.04. The minimum atomic E-state index is -3.73. The second-order valence-electron chi connectivity index (χ2n) is 9.24. The van der Waals surface area contributed by atoms with Crippen molar-refractivity contribution in [1.29, 1.82) is 0 Å². The van der Waals surface area contributed by atoms with E-state index in [9.17, 15) is 13.5 Å². The van der Waals surface area contributed by atoms with Crippen LogP contribution in [-0.4, -0.2) is 24.8 Å². The van der Waals surface area contributed by atoms with Gasteiger partial charge in [-0.3, -0.25) is 0 Å². The van der Waals surface area contributed by atoms with Crippen molar-refractivity contribution in [2.45, 2.75) is 70.8 Å². The van der Waals surface area contributed by atoms with E-state index in [1.54, 1.807) is 24.3 Å². The molecule has 0 unspecified atom stereocenters. The number of rotatable bonds is 4. The van der Waals surface area contributed by atoms with Gasteiger partial charge in [-0.1, -0.05) is 45.4 Å². The fourth-order valence-electron chi connectivity index (χ4n) is 5.10. The van der Waals surface area contributed by atoms with E-state index in [1.807, 2.05) is 6.92 Å². The topological polar surface area (TPSA) is 78.8 Å². The molecule has 2 saturated carbocycles. The molecule has 0 spiro atoms. The number of fused-ring (bicyclic) bond motifs is 1. The van der Waals surface area contributed by atoms with Crippen LogP contribution < -0.4 is 4.83 Å². The van der Waals surface area contributed by atoms with Gasteiger partial charge in [-0.25, -0.2) is 4.83 Å². The SMILES string of the molecule is Cc1ccc(S(=O)(=O)N/N=C2/[C@H](C)CC[C@]3(O)[C@H](C)CC[C@H](C(C)C)[C@@H]23)cc1. The van der Waals surface area contributed by atoms with Crippen LogP contribution in [0.25, 0.3) is 0 Å². The van der Waals surface area contributed by atoms with Gasteiger partial charge < -0.3 is 5.11 Å². The molecule has 0 aromatic heterocycles. The molecule has 0 heterocycles. The van der Waals surface area contributed by atoms with E-state index in [1.165, 1.54) is 0 Å². The van der Waals surface area contributed by atoms with Gasteiger partial charge in [0.25, 0.3) is 10.0 Å². The van der Waals surface area contributed by atoms with Crippen LogP contribution in [0.2, 0.25) is 0 Å². The lowest BCUT2D eigenvalue weighted by Gasteiger charge is -2.54. The molecule has 5 nitrogen and oxygen atoms in total. The standard InChI is InChI=1S/C22H34N2O3S/c1-14(2)19-11-8-17(5)22(25)13-12-16(4)21(20(19)22)23-24-28(26,27)18-9-6-15(3)7-10-18/h6-7,9-10,14,16-17,19-20,24-25H,8,11-13H2,1-5H3/b23-21-/t16-,17-,19-,20+,22+/m1/s1. The average Bonchev–Trinajstić information content (AvgIpc) is 2.63. The maximum Gasteiger partial charge on any atom is 0.276 e. The third-order valence-corrected chi connectivity index (χ3v) is 8.26. The van der Waals surface area contributed by atoms with Gasteiger partial charge in [0.05, 0.1) is 10.5 Å². The smallest absolute Gasteiger partial charge is 0.276 e. The van der Waals surface area contributed by atoms with Gasteiger partial charge in [-0.05, 0) is 68.4 Å². The lowest BCUT2D eigenvalue weighted by molar-refractivity contribution is -0.111. The predicted octanol–water partition coefficient (Wildman–Crippen LogP) is 4.11. The highest BCUT2D eigenvalue weighted by Crippen LogP contribution is 2.51. The van der Waals surface area contributed by atoms with Crippen LogP contribution in [0.1, 0.15) is 58.9 Å². The molecule has 156 valence electrons. The molecule has 2 N–H and O–H groups in total. The Kier molecular flexibility index (Phi) is 5.93. The summed E-state index contributed by atoms with van der Waals surface area (Å²) in [6.45, 7) is 10.5. The van der Waals surface area contributed by atoms with Crippen LogP contribution in [-0.2, 0) is 10.0 Å². The molecule has 28 heavy (non-hydrogen) atoms. The van der Waals surface area contributed by atoms with Gasteiger partial charge >= 0.3 is 0 Å². The Morgan fingerprint density at radius 3 is 2.39 bits per heavy atom. The molecule has 0 saturated heterocycles. The summed E-state index contributed by atoms with van der Waals surface area (Å²) in [5.74, 6) is 0.969. The molecule has 0 radical (unpaired) electrons. The molecular weight excluding hydrogens is 372 g/mol. The normalized spacial score (nSPS) is 35.0. The Morgan fingerprint density at radius 1 is 1.14 bits per heavy atom. The van der Waals surface area contributed by atoms with E-state index in [0.717, 1.165) is 37.0 Å². The van der Waals surface area contributed by atoms with Gasteiger partial charge in [-0.2, -0.15) is 13.5 Å². The largest absolute Gasteiger partial charge is 0.389 e. The molecule has 0 aliphatic heterocycles. The Morgan fingerprint density at radius 2 is 1.79 bits per heavy atom. The van der Waals surface area contributed by atoms with Crippen molar-refractivity contribution in [3.8, 4) is 0 Å². The second kappa shape index (κ2) is 7.79. The number of aliphatic hydroxyl groups is 1. The molecule has 1 aromatic carbocycles. The van der Waals surface area contributed by atoms with E-state index in [4.69, 9.17) is 0 Å². The number of hydrazone groups is 1. The van der Waals surface area contributed by atoms with Crippen molar-refractivity contribution in [2.24, 2.45) is 34.7 Å². The van der Waals surface area contributed by atoms with Gasteiger partial charge in [0, 0.05) is 11.6 Å². The van der Waals surface area contributed by atoms with Crippen LogP contribution in [0.4, 0.5) is 0 Å². The second-order valence-corrected chi connectivity index (χ2v) is 10.9. The summed E-state index contributed by atoms with van der Waals surface area (Å²) in [5, 5.41) is 16.0. The number of sulfonamides is 1. The first-order valence-electron chi connectivity index (χ1n) is 10.4. The van der Waals surface area contributed by atoms with Crippen molar-refractivity contribution < 1.29 is 13.5 Å². The number of hydrogen-bond donors (Lipinski definition) is 2. The molecule has 6 heteroatoms. The molecular formula is C22H34N2O3S. The van der Waals surface area contributed by atoms with E-state index < -0.39 is 15.6 Å². The number of hydrogen-bond acceptors (Lipinski definition) is 4. The molecule has 3 rings (SSSR count). The van der Waals surface area contributed by atoms with Crippen LogP contribution in [0.15, 0.2) is 34.3 Å². The van der Waals surface area contributed by atoms with Crippen LogP contribution in [0.5, 0.6) is 0 Å². The highest BCUT2D eigenvalue weighted by molar-refractivity contribution is 7.89. The Labute approximate surface area is 169 Å². The van der Waals surface area contributed by atoms with Crippen LogP contribution >= 0.6 is 0 Å². The number of benzene rings is 1. The zero-order valence-corrected chi connectivity index (χ0v) is 18.5. The summed E-state index contributed by atoms with van der Waals surface area (Å²) in [4.78, 5) is 2.68.